The highest BCUT2D eigenvalue weighted by molar-refractivity contribution is 6.52. The lowest BCUT2D eigenvalue weighted by Crippen LogP contribution is -2.59. The van der Waals surface area contributed by atoms with Crippen LogP contribution in [0.5, 0.6) is 0 Å². The summed E-state index contributed by atoms with van der Waals surface area (Å²) in [6.07, 6.45) is 2.61. The van der Waals surface area contributed by atoms with Gasteiger partial charge < -0.3 is 0 Å². The van der Waals surface area contributed by atoms with Crippen molar-refractivity contribution in [3.8, 4) is 0 Å². The van der Waals surface area contributed by atoms with E-state index in [0.717, 1.165) is 13.3 Å². The molecule has 4 nitrogen and oxygen atoms in total. The van der Waals surface area contributed by atoms with Gasteiger partial charge in [0.25, 0.3) is 4.58 Å². The smallest absolute Gasteiger partial charge is 0.242 e. The van der Waals surface area contributed by atoms with Crippen LogP contribution in [-0.2, 0) is 0 Å². The first kappa shape index (κ1) is 12.2. The molecule has 2 heterocycles. The number of fused-ring (bicyclic) bond motifs is 1. The molecule has 84 valence electrons. The minimum absolute atomic E-state index is 0.307. The van der Waals surface area contributed by atoms with Crippen molar-refractivity contribution in [2.24, 2.45) is 4.99 Å². The minimum atomic E-state index is -1.74. The minimum Gasteiger partial charge on any atom is -0.242 e. The van der Waals surface area contributed by atoms with Crippen LogP contribution in [0.1, 0.15) is 0 Å². The van der Waals surface area contributed by atoms with E-state index < -0.39 is 9.70 Å². The summed E-state index contributed by atoms with van der Waals surface area (Å²) >= 11 is 35.4. The predicted octanol–water partition coefficient (Wildman–Crippen LogP) is 3.23. The fourth-order valence-corrected chi connectivity index (χ4v) is 2.52. The van der Waals surface area contributed by atoms with Crippen molar-refractivity contribution in [1.82, 2.24) is 13.3 Å². The zero-order valence-corrected chi connectivity index (χ0v) is 11.2. The van der Waals surface area contributed by atoms with Gasteiger partial charge in [0.2, 0.25) is 5.12 Å². The van der Waals surface area contributed by atoms with Crippen molar-refractivity contribution >= 4 is 76.5 Å². The van der Waals surface area contributed by atoms with Gasteiger partial charge in [-0.25, -0.2) is 13.8 Å². The summed E-state index contributed by atoms with van der Waals surface area (Å²) in [4.78, 5) is 3.91. The Hall–Kier alpha value is 0.710. The molecule has 0 saturated heterocycles. The van der Waals surface area contributed by atoms with Crippen LogP contribution in [0.3, 0.4) is 0 Å². The second kappa shape index (κ2) is 3.60. The van der Waals surface area contributed by atoms with Crippen molar-refractivity contribution in [1.29, 1.82) is 0 Å². The Kier molecular flexibility index (Phi) is 2.92. The monoisotopic (exact) mass is 328 g/mol. The summed E-state index contributed by atoms with van der Waals surface area (Å²) in [5.74, 6) is 0. The lowest BCUT2D eigenvalue weighted by molar-refractivity contribution is 0.140. The van der Waals surface area contributed by atoms with E-state index in [1.54, 1.807) is 0 Å². The average molecular weight is 331 g/mol. The quantitative estimate of drug-likeness (QED) is 0.387. The average Bonchev–Trinajstić information content (AvgIpc) is 2.44. The molecular weight excluding hydrogens is 329 g/mol. The Bertz CT molecular complexity index is 355. The van der Waals surface area contributed by atoms with Gasteiger partial charge in [-0.05, 0) is 11.8 Å². The third kappa shape index (κ3) is 1.51. The van der Waals surface area contributed by atoms with Gasteiger partial charge in [-0.1, -0.05) is 34.8 Å². The number of nitrogens with zero attached hydrogens (tertiary/aromatic N) is 4. The van der Waals surface area contributed by atoms with Crippen molar-refractivity contribution in [3.63, 3.8) is 0 Å². The van der Waals surface area contributed by atoms with Gasteiger partial charge in [0, 0.05) is 29.8 Å². The summed E-state index contributed by atoms with van der Waals surface area (Å²) in [5.41, 5.74) is 0.307. The van der Waals surface area contributed by atoms with E-state index in [1.807, 2.05) is 0 Å². The SMILES string of the molecule is ClN1C=C2N=CN(Cl)C2(Cl)N(Cl)C1(Cl)Cl. The first-order valence-corrected chi connectivity index (χ1v) is 5.65. The van der Waals surface area contributed by atoms with Crippen molar-refractivity contribution < 1.29 is 0 Å². The molecule has 0 bridgehead atoms. The molecule has 0 aromatic rings. The van der Waals surface area contributed by atoms with Gasteiger partial charge >= 0.3 is 0 Å². The van der Waals surface area contributed by atoms with Crippen LogP contribution in [0.15, 0.2) is 16.9 Å². The number of hydrogen-bond donors (Lipinski definition) is 0. The first-order chi connectivity index (χ1) is 6.81. The Morgan fingerprint density at radius 3 is 2.27 bits per heavy atom. The predicted molar refractivity (Wildman–Crippen MR) is 62.7 cm³/mol. The van der Waals surface area contributed by atoms with Crippen LogP contribution in [0.4, 0.5) is 0 Å². The third-order valence-corrected chi connectivity index (χ3v) is 4.83. The normalized spacial score (nSPS) is 34.4. The second-order valence-corrected chi connectivity index (χ2v) is 5.60. The standard InChI is InChI=1S/C5H2Cl6N4/c6-4-3(12-2-14(4)10)1-13(9)5(7,8)15(4)11/h1-2H. The molecule has 0 N–H and O–H groups in total. The topological polar surface area (TPSA) is 22.1 Å². The van der Waals surface area contributed by atoms with Crippen LogP contribution in [0, 0.1) is 0 Å². The van der Waals surface area contributed by atoms with E-state index in [1.165, 1.54) is 12.5 Å². The maximum Gasteiger partial charge on any atom is 0.280 e. The van der Waals surface area contributed by atoms with Gasteiger partial charge in [0.05, 0.1) is 0 Å². The highest BCUT2D eigenvalue weighted by Crippen LogP contribution is 2.52. The Balaban J connectivity index is 2.53. The molecule has 0 spiro atoms. The summed E-state index contributed by atoms with van der Waals surface area (Å²) in [6, 6.07) is 0. The van der Waals surface area contributed by atoms with Gasteiger partial charge in [0.1, 0.15) is 12.0 Å². The number of alkyl halides is 3. The van der Waals surface area contributed by atoms with Crippen LogP contribution < -0.4 is 0 Å². The molecule has 0 amide bonds. The molecule has 0 aromatic heterocycles. The van der Waals surface area contributed by atoms with Crippen LogP contribution >= 0.6 is 70.1 Å². The number of rotatable bonds is 0. The zero-order chi connectivity index (χ0) is 11.4. The Morgan fingerprint density at radius 2 is 1.67 bits per heavy atom. The molecule has 0 saturated carbocycles. The molecule has 2 aliphatic heterocycles. The molecule has 1 unspecified atom stereocenters. The summed E-state index contributed by atoms with van der Waals surface area (Å²) in [6.45, 7) is 0. The summed E-state index contributed by atoms with van der Waals surface area (Å²) < 4.78 is 1.09. The van der Waals surface area contributed by atoms with E-state index in [-0.39, 0.29) is 0 Å². The van der Waals surface area contributed by atoms with E-state index in [4.69, 9.17) is 70.1 Å². The Morgan fingerprint density at radius 1 is 1.07 bits per heavy atom. The molecule has 0 aliphatic carbocycles. The molecule has 2 rings (SSSR count). The van der Waals surface area contributed by atoms with E-state index in [9.17, 15) is 0 Å². The number of aliphatic imine (C=N–C) groups is 1. The third-order valence-electron chi connectivity index (χ3n) is 1.90. The lowest BCUT2D eigenvalue weighted by atomic mass is 10.3. The molecule has 0 fully saturated rings. The maximum atomic E-state index is 6.16. The fraction of sp³-hybridized carbons (Fsp3) is 0.400. The van der Waals surface area contributed by atoms with Gasteiger partial charge in [0.15, 0.2) is 0 Å². The highest BCUT2D eigenvalue weighted by atomic mass is 35.5. The van der Waals surface area contributed by atoms with Crippen LogP contribution in [0.2, 0.25) is 0 Å². The van der Waals surface area contributed by atoms with E-state index in [0.29, 0.717) is 5.70 Å². The van der Waals surface area contributed by atoms with Gasteiger partial charge in [-0.2, -0.15) is 0 Å². The van der Waals surface area contributed by atoms with Gasteiger partial charge in [-0.3, -0.25) is 0 Å². The number of halogens is 6. The van der Waals surface area contributed by atoms with Crippen molar-refractivity contribution in [3.05, 3.63) is 11.9 Å². The highest BCUT2D eigenvalue weighted by Gasteiger charge is 2.59. The molecule has 0 aromatic carbocycles. The molecular formula is C5H2Cl6N4. The summed E-state index contributed by atoms with van der Waals surface area (Å²) in [5, 5.41) is -1.46. The zero-order valence-electron chi connectivity index (χ0n) is 6.71. The van der Waals surface area contributed by atoms with E-state index in [2.05, 4.69) is 4.99 Å². The van der Waals surface area contributed by atoms with Crippen molar-refractivity contribution in [2.45, 2.75) is 9.70 Å². The largest absolute Gasteiger partial charge is 0.280 e. The molecule has 0 radical (unpaired) electrons. The van der Waals surface area contributed by atoms with Crippen molar-refractivity contribution in [2.75, 3.05) is 0 Å². The fourth-order valence-electron chi connectivity index (χ4n) is 1.13. The number of hydrogen-bond acceptors (Lipinski definition) is 4. The lowest BCUT2D eigenvalue weighted by Gasteiger charge is -2.45. The van der Waals surface area contributed by atoms with E-state index >= 15 is 0 Å². The Labute approximate surface area is 116 Å². The maximum absolute atomic E-state index is 6.16. The molecule has 15 heavy (non-hydrogen) atoms. The molecule has 1 atom stereocenters. The van der Waals surface area contributed by atoms with Crippen LogP contribution in [0.25, 0.3) is 0 Å². The van der Waals surface area contributed by atoms with Crippen LogP contribution in [-0.4, -0.2) is 29.3 Å². The summed E-state index contributed by atoms with van der Waals surface area (Å²) in [7, 11) is 0. The second-order valence-electron chi connectivity index (χ2n) is 2.76. The molecule has 2 aliphatic rings. The molecule has 10 heteroatoms. The van der Waals surface area contributed by atoms with Gasteiger partial charge in [-0.15, -0.1) is 4.42 Å². The first-order valence-electron chi connectivity index (χ1n) is 3.51.